The van der Waals surface area contributed by atoms with Crippen LogP contribution in [0.25, 0.3) is 5.78 Å². The van der Waals surface area contributed by atoms with Gasteiger partial charge in [0, 0.05) is 11.3 Å². The highest BCUT2D eigenvalue weighted by Crippen LogP contribution is 2.00. The van der Waals surface area contributed by atoms with E-state index in [4.69, 9.17) is 5.11 Å². The van der Waals surface area contributed by atoms with Crippen LogP contribution in [0.3, 0.4) is 0 Å². The zero-order chi connectivity index (χ0) is 10.3. The Balaban J connectivity index is 2.88. The molecule has 0 saturated carbocycles. The summed E-state index contributed by atoms with van der Waals surface area (Å²) in [6.45, 7) is 3.22. The van der Waals surface area contributed by atoms with Crippen molar-refractivity contribution >= 4 is 5.78 Å². The van der Waals surface area contributed by atoms with E-state index in [2.05, 4.69) is 15.1 Å². The van der Waals surface area contributed by atoms with Crippen LogP contribution in [0.4, 0.5) is 0 Å². The van der Waals surface area contributed by atoms with E-state index < -0.39 is 0 Å². The maximum Gasteiger partial charge on any atom is 0.277 e. The van der Waals surface area contributed by atoms with Crippen molar-refractivity contribution in [2.45, 2.75) is 20.5 Å². The third kappa shape index (κ3) is 1.12. The molecule has 0 aliphatic heterocycles. The molecule has 2 aromatic heterocycles. The van der Waals surface area contributed by atoms with Crippen molar-refractivity contribution in [1.29, 1.82) is 0 Å². The first kappa shape index (κ1) is 8.89. The Morgan fingerprint density at radius 2 is 2.14 bits per heavy atom. The summed E-state index contributed by atoms with van der Waals surface area (Å²) in [7, 11) is 0. The zero-order valence-electron chi connectivity index (χ0n) is 7.90. The Labute approximate surface area is 79.2 Å². The SMILES string of the molecule is Cc1nc2nc(CO)[nH]n2c(=O)c1C. The number of nitrogens with zero attached hydrogens (tertiary/aromatic N) is 3. The van der Waals surface area contributed by atoms with E-state index in [0.717, 1.165) is 0 Å². The van der Waals surface area contributed by atoms with Crippen molar-refractivity contribution in [3.8, 4) is 0 Å². The predicted octanol–water partition coefficient (Wildman–Crippen LogP) is -0.473. The molecule has 0 saturated heterocycles. The van der Waals surface area contributed by atoms with E-state index in [9.17, 15) is 4.79 Å². The second kappa shape index (κ2) is 2.91. The van der Waals surface area contributed by atoms with E-state index >= 15 is 0 Å². The molecule has 6 nitrogen and oxygen atoms in total. The summed E-state index contributed by atoms with van der Waals surface area (Å²) in [6, 6.07) is 0. The number of aryl methyl sites for hydroxylation is 1. The van der Waals surface area contributed by atoms with Gasteiger partial charge in [0.1, 0.15) is 6.61 Å². The van der Waals surface area contributed by atoms with Gasteiger partial charge in [-0.15, -0.1) is 0 Å². The predicted molar refractivity (Wildman–Crippen MR) is 49.0 cm³/mol. The molecule has 0 aliphatic carbocycles. The number of aliphatic hydroxyl groups excluding tert-OH is 1. The first-order valence-corrected chi connectivity index (χ1v) is 4.19. The minimum Gasteiger partial charge on any atom is -0.388 e. The highest BCUT2D eigenvalue weighted by atomic mass is 16.3. The van der Waals surface area contributed by atoms with Gasteiger partial charge in [-0.3, -0.25) is 9.89 Å². The monoisotopic (exact) mass is 194 g/mol. The van der Waals surface area contributed by atoms with Gasteiger partial charge in [-0.2, -0.15) is 9.50 Å². The minimum atomic E-state index is -0.235. The Hall–Kier alpha value is -1.69. The molecule has 0 spiro atoms. The molecule has 6 heteroatoms. The van der Waals surface area contributed by atoms with Crippen LogP contribution in [0, 0.1) is 13.8 Å². The molecule has 2 heterocycles. The highest BCUT2D eigenvalue weighted by molar-refractivity contribution is 5.31. The average molecular weight is 194 g/mol. The molecule has 2 rings (SSSR count). The molecule has 0 aromatic carbocycles. The quantitative estimate of drug-likeness (QED) is 0.642. The maximum absolute atomic E-state index is 11.6. The van der Waals surface area contributed by atoms with Crippen molar-refractivity contribution in [3.63, 3.8) is 0 Å². The number of rotatable bonds is 1. The maximum atomic E-state index is 11.6. The van der Waals surface area contributed by atoms with Gasteiger partial charge < -0.3 is 5.11 Å². The number of fused-ring (bicyclic) bond motifs is 1. The molecule has 0 bridgehead atoms. The van der Waals surface area contributed by atoms with Gasteiger partial charge in [-0.05, 0) is 13.8 Å². The molecule has 0 unspecified atom stereocenters. The standard InChI is InChI=1S/C8H10N4O2/c1-4-5(2)9-8-10-6(3-13)11-12(8)7(4)14/h13H,3H2,1-2H3,(H,9,10,11). The summed E-state index contributed by atoms with van der Waals surface area (Å²) in [6.07, 6.45) is 0. The van der Waals surface area contributed by atoms with Crippen molar-refractivity contribution in [2.75, 3.05) is 0 Å². The van der Waals surface area contributed by atoms with E-state index in [1.54, 1.807) is 13.8 Å². The summed E-state index contributed by atoms with van der Waals surface area (Å²) in [5, 5.41) is 11.5. The van der Waals surface area contributed by atoms with Crippen LogP contribution in [0.15, 0.2) is 4.79 Å². The Morgan fingerprint density at radius 1 is 1.43 bits per heavy atom. The van der Waals surface area contributed by atoms with Gasteiger partial charge in [-0.1, -0.05) is 0 Å². The molecule has 0 fully saturated rings. The summed E-state index contributed by atoms with van der Waals surface area (Å²) >= 11 is 0. The van der Waals surface area contributed by atoms with Crippen LogP contribution in [0.2, 0.25) is 0 Å². The molecule has 14 heavy (non-hydrogen) atoms. The third-order valence-electron chi connectivity index (χ3n) is 2.16. The highest BCUT2D eigenvalue weighted by Gasteiger charge is 2.08. The number of aliphatic hydroxyl groups is 1. The van der Waals surface area contributed by atoms with E-state index in [0.29, 0.717) is 22.9 Å². The fraction of sp³-hybridized carbons (Fsp3) is 0.375. The van der Waals surface area contributed by atoms with Crippen LogP contribution in [0.1, 0.15) is 17.1 Å². The fourth-order valence-electron chi connectivity index (χ4n) is 1.22. The Kier molecular flexibility index (Phi) is 1.85. The fourth-order valence-corrected chi connectivity index (χ4v) is 1.22. The zero-order valence-corrected chi connectivity index (χ0v) is 7.90. The van der Waals surface area contributed by atoms with Crippen molar-refractivity contribution < 1.29 is 5.11 Å². The second-order valence-electron chi connectivity index (χ2n) is 3.09. The summed E-state index contributed by atoms with van der Waals surface area (Å²) < 4.78 is 1.23. The van der Waals surface area contributed by atoms with E-state index in [1.807, 2.05) is 0 Å². The van der Waals surface area contributed by atoms with Crippen LogP contribution in [-0.2, 0) is 6.61 Å². The van der Waals surface area contributed by atoms with Crippen LogP contribution in [0.5, 0.6) is 0 Å². The van der Waals surface area contributed by atoms with Crippen molar-refractivity contribution in [2.24, 2.45) is 0 Å². The lowest BCUT2D eigenvalue weighted by molar-refractivity contribution is 0.271. The van der Waals surface area contributed by atoms with E-state index in [1.165, 1.54) is 4.52 Å². The van der Waals surface area contributed by atoms with Gasteiger partial charge in [0.05, 0.1) is 0 Å². The summed E-state index contributed by atoms with van der Waals surface area (Å²) in [4.78, 5) is 19.7. The number of hydrogen-bond acceptors (Lipinski definition) is 4. The van der Waals surface area contributed by atoms with E-state index in [-0.39, 0.29) is 12.2 Å². The summed E-state index contributed by atoms with van der Waals surface area (Å²) in [5.74, 6) is 0.627. The van der Waals surface area contributed by atoms with Gasteiger partial charge in [0.25, 0.3) is 11.3 Å². The van der Waals surface area contributed by atoms with Crippen LogP contribution in [-0.4, -0.2) is 24.7 Å². The molecule has 0 radical (unpaired) electrons. The number of H-pyrrole nitrogens is 1. The Bertz CT molecular complexity index is 540. The smallest absolute Gasteiger partial charge is 0.277 e. The van der Waals surface area contributed by atoms with Crippen molar-refractivity contribution in [1.82, 2.24) is 19.6 Å². The molecular weight excluding hydrogens is 184 g/mol. The lowest BCUT2D eigenvalue weighted by Crippen LogP contribution is -2.19. The third-order valence-corrected chi connectivity index (χ3v) is 2.16. The lowest BCUT2D eigenvalue weighted by Gasteiger charge is -1.96. The second-order valence-corrected chi connectivity index (χ2v) is 3.09. The first-order chi connectivity index (χ1) is 6.63. The molecule has 0 atom stereocenters. The number of nitrogens with one attached hydrogen (secondary N) is 1. The van der Waals surface area contributed by atoms with Gasteiger partial charge in [-0.25, -0.2) is 4.98 Å². The number of aromatic nitrogens is 4. The molecule has 2 N–H and O–H groups in total. The van der Waals surface area contributed by atoms with Gasteiger partial charge in [0.2, 0.25) is 0 Å². The largest absolute Gasteiger partial charge is 0.388 e. The molecule has 0 aliphatic rings. The molecule has 0 amide bonds. The number of hydrogen-bond donors (Lipinski definition) is 2. The lowest BCUT2D eigenvalue weighted by atomic mass is 10.3. The first-order valence-electron chi connectivity index (χ1n) is 4.19. The van der Waals surface area contributed by atoms with Crippen molar-refractivity contribution in [3.05, 3.63) is 27.4 Å². The molecule has 74 valence electrons. The van der Waals surface area contributed by atoms with Gasteiger partial charge >= 0.3 is 0 Å². The minimum absolute atomic E-state index is 0.181. The molecule has 2 aromatic rings. The topological polar surface area (TPSA) is 83.3 Å². The van der Waals surface area contributed by atoms with Crippen LogP contribution >= 0.6 is 0 Å². The Morgan fingerprint density at radius 3 is 2.79 bits per heavy atom. The average Bonchev–Trinajstić information content (AvgIpc) is 2.57. The molecular formula is C8H10N4O2. The van der Waals surface area contributed by atoms with Gasteiger partial charge in [0.15, 0.2) is 5.82 Å². The summed E-state index contributed by atoms with van der Waals surface area (Å²) in [5.41, 5.74) is 1.06. The van der Waals surface area contributed by atoms with Crippen LogP contribution < -0.4 is 5.56 Å². The number of aromatic amines is 1. The normalized spacial score (nSPS) is 11.1.